The SMILES string of the molecule is CCOCCN(C)c1ccc(/C=C/C(=O)O)c(C)c1. The van der Waals surface area contributed by atoms with Gasteiger partial charge < -0.3 is 14.7 Å². The molecule has 19 heavy (non-hydrogen) atoms. The fraction of sp³-hybridized carbons (Fsp3) is 0.400. The van der Waals surface area contributed by atoms with Gasteiger partial charge in [-0.2, -0.15) is 0 Å². The molecule has 0 amide bonds. The molecule has 0 heterocycles. The largest absolute Gasteiger partial charge is 0.478 e. The van der Waals surface area contributed by atoms with Crippen molar-refractivity contribution in [2.75, 3.05) is 31.7 Å². The Balaban J connectivity index is 2.73. The van der Waals surface area contributed by atoms with E-state index in [-0.39, 0.29) is 0 Å². The molecule has 0 unspecified atom stereocenters. The molecule has 0 aliphatic carbocycles. The van der Waals surface area contributed by atoms with Gasteiger partial charge in [0.2, 0.25) is 0 Å². The minimum Gasteiger partial charge on any atom is -0.478 e. The van der Waals surface area contributed by atoms with Crippen molar-refractivity contribution in [2.45, 2.75) is 13.8 Å². The first kappa shape index (κ1) is 15.2. The van der Waals surface area contributed by atoms with Crippen molar-refractivity contribution in [3.05, 3.63) is 35.4 Å². The van der Waals surface area contributed by atoms with Gasteiger partial charge in [-0.15, -0.1) is 0 Å². The number of benzene rings is 1. The van der Waals surface area contributed by atoms with Crippen LogP contribution in [0.3, 0.4) is 0 Å². The van der Waals surface area contributed by atoms with E-state index in [1.54, 1.807) is 6.08 Å². The average Bonchev–Trinajstić information content (AvgIpc) is 2.37. The van der Waals surface area contributed by atoms with Crippen molar-refractivity contribution >= 4 is 17.7 Å². The predicted molar refractivity (Wildman–Crippen MR) is 77.6 cm³/mol. The number of carbonyl (C=O) groups is 1. The van der Waals surface area contributed by atoms with Gasteiger partial charge in [-0.3, -0.25) is 0 Å². The Bertz CT molecular complexity index is 455. The van der Waals surface area contributed by atoms with Crippen LogP contribution in [-0.2, 0) is 9.53 Å². The molecular weight excluding hydrogens is 242 g/mol. The number of hydrogen-bond acceptors (Lipinski definition) is 3. The second-order valence-corrected chi connectivity index (χ2v) is 4.33. The van der Waals surface area contributed by atoms with Crippen LogP contribution in [0.1, 0.15) is 18.1 Å². The van der Waals surface area contributed by atoms with Crippen LogP contribution in [0.15, 0.2) is 24.3 Å². The number of ether oxygens (including phenoxy) is 1. The van der Waals surface area contributed by atoms with E-state index in [0.29, 0.717) is 6.61 Å². The number of carboxylic acids is 1. The first-order valence-electron chi connectivity index (χ1n) is 6.35. The van der Waals surface area contributed by atoms with E-state index in [1.165, 1.54) is 0 Å². The van der Waals surface area contributed by atoms with Gasteiger partial charge in [0.15, 0.2) is 0 Å². The van der Waals surface area contributed by atoms with Crippen molar-refractivity contribution in [3.63, 3.8) is 0 Å². The Labute approximate surface area is 114 Å². The van der Waals surface area contributed by atoms with Crippen molar-refractivity contribution < 1.29 is 14.6 Å². The second kappa shape index (κ2) is 7.59. The van der Waals surface area contributed by atoms with E-state index < -0.39 is 5.97 Å². The third-order valence-electron chi connectivity index (χ3n) is 2.87. The highest BCUT2D eigenvalue weighted by molar-refractivity contribution is 5.85. The third-order valence-corrected chi connectivity index (χ3v) is 2.87. The van der Waals surface area contributed by atoms with Crippen LogP contribution in [0.2, 0.25) is 0 Å². The summed E-state index contributed by atoms with van der Waals surface area (Å²) in [5, 5.41) is 8.62. The molecular formula is C15H21NO3. The lowest BCUT2D eigenvalue weighted by atomic mass is 10.1. The molecule has 0 fully saturated rings. The van der Waals surface area contributed by atoms with E-state index in [4.69, 9.17) is 9.84 Å². The van der Waals surface area contributed by atoms with Gasteiger partial charge in [-0.05, 0) is 43.2 Å². The summed E-state index contributed by atoms with van der Waals surface area (Å²) in [6.07, 6.45) is 2.77. The maximum Gasteiger partial charge on any atom is 0.328 e. The van der Waals surface area contributed by atoms with Gasteiger partial charge in [0.05, 0.1) is 6.61 Å². The first-order chi connectivity index (χ1) is 9.04. The summed E-state index contributed by atoms with van der Waals surface area (Å²) in [7, 11) is 2.01. The number of likely N-dealkylation sites (N-methyl/N-ethyl adjacent to an activating group) is 1. The zero-order valence-corrected chi connectivity index (χ0v) is 11.7. The van der Waals surface area contributed by atoms with Crippen molar-refractivity contribution in [1.29, 1.82) is 0 Å². The van der Waals surface area contributed by atoms with Crippen LogP contribution in [0.5, 0.6) is 0 Å². The minimum atomic E-state index is -0.933. The summed E-state index contributed by atoms with van der Waals surface area (Å²) in [4.78, 5) is 12.6. The number of aryl methyl sites for hydroxylation is 1. The van der Waals surface area contributed by atoms with E-state index in [1.807, 2.05) is 39.1 Å². The molecule has 104 valence electrons. The maximum absolute atomic E-state index is 10.5. The van der Waals surface area contributed by atoms with Crippen molar-refractivity contribution in [3.8, 4) is 0 Å². The smallest absolute Gasteiger partial charge is 0.328 e. The highest BCUT2D eigenvalue weighted by Gasteiger charge is 2.03. The van der Waals surface area contributed by atoms with Crippen LogP contribution < -0.4 is 4.90 Å². The fourth-order valence-electron chi connectivity index (χ4n) is 1.72. The lowest BCUT2D eigenvalue weighted by Gasteiger charge is -2.20. The number of rotatable bonds is 7. The Kier molecular flexibility index (Phi) is 6.09. The standard InChI is InChI=1S/C15H21NO3/c1-4-19-10-9-16(3)14-7-5-13(12(2)11-14)6-8-15(17)18/h5-8,11H,4,9-10H2,1-3H3,(H,17,18)/b8-6+. The molecule has 1 rings (SSSR count). The molecule has 0 aliphatic rings. The molecule has 4 nitrogen and oxygen atoms in total. The molecule has 1 aromatic rings. The van der Waals surface area contributed by atoms with Gasteiger partial charge in [0.1, 0.15) is 0 Å². The van der Waals surface area contributed by atoms with E-state index in [0.717, 1.165) is 36.0 Å². The Morgan fingerprint density at radius 1 is 1.47 bits per heavy atom. The number of carboxylic acid groups (broad SMARTS) is 1. The van der Waals surface area contributed by atoms with E-state index >= 15 is 0 Å². The lowest BCUT2D eigenvalue weighted by molar-refractivity contribution is -0.131. The molecule has 0 aromatic heterocycles. The zero-order valence-electron chi connectivity index (χ0n) is 11.7. The van der Waals surface area contributed by atoms with Crippen LogP contribution >= 0.6 is 0 Å². The number of nitrogens with zero attached hydrogens (tertiary/aromatic N) is 1. The average molecular weight is 263 g/mol. The lowest BCUT2D eigenvalue weighted by Crippen LogP contribution is -2.22. The van der Waals surface area contributed by atoms with Crippen molar-refractivity contribution in [2.24, 2.45) is 0 Å². The molecule has 0 atom stereocenters. The summed E-state index contributed by atoms with van der Waals surface area (Å²) in [6, 6.07) is 5.97. The number of aliphatic carboxylic acids is 1. The molecule has 0 spiro atoms. The predicted octanol–water partition coefficient (Wildman–Crippen LogP) is 2.57. The van der Waals surface area contributed by atoms with Gasteiger partial charge in [0.25, 0.3) is 0 Å². The van der Waals surface area contributed by atoms with E-state index in [9.17, 15) is 4.79 Å². The molecule has 0 radical (unpaired) electrons. The fourth-order valence-corrected chi connectivity index (χ4v) is 1.72. The maximum atomic E-state index is 10.5. The van der Waals surface area contributed by atoms with Crippen molar-refractivity contribution in [1.82, 2.24) is 0 Å². The van der Waals surface area contributed by atoms with Crippen LogP contribution in [0.4, 0.5) is 5.69 Å². The Morgan fingerprint density at radius 2 is 2.21 bits per heavy atom. The van der Waals surface area contributed by atoms with Gasteiger partial charge >= 0.3 is 5.97 Å². The monoisotopic (exact) mass is 263 g/mol. The zero-order chi connectivity index (χ0) is 14.3. The third kappa shape index (κ3) is 5.14. The summed E-state index contributed by atoms with van der Waals surface area (Å²) in [5.74, 6) is -0.933. The normalized spacial score (nSPS) is 10.9. The minimum absolute atomic E-state index is 0.701. The highest BCUT2D eigenvalue weighted by Crippen LogP contribution is 2.19. The molecule has 0 saturated heterocycles. The van der Waals surface area contributed by atoms with Gasteiger partial charge in [-0.1, -0.05) is 6.07 Å². The van der Waals surface area contributed by atoms with E-state index in [2.05, 4.69) is 4.90 Å². The molecule has 1 N–H and O–H groups in total. The molecule has 4 heteroatoms. The van der Waals surface area contributed by atoms with Gasteiger partial charge in [-0.25, -0.2) is 4.79 Å². The molecule has 0 saturated carbocycles. The summed E-state index contributed by atoms with van der Waals surface area (Å²) in [5.41, 5.74) is 3.08. The second-order valence-electron chi connectivity index (χ2n) is 4.33. The van der Waals surface area contributed by atoms with Crippen LogP contribution in [0, 0.1) is 6.92 Å². The Hall–Kier alpha value is -1.81. The number of anilines is 1. The Morgan fingerprint density at radius 3 is 2.79 bits per heavy atom. The quantitative estimate of drug-likeness (QED) is 0.607. The summed E-state index contributed by atoms with van der Waals surface area (Å²) >= 11 is 0. The molecule has 0 aliphatic heterocycles. The summed E-state index contributed by atoms with van der Waals surface area (Å²) < 4.78 is 5.33. The van der Waals surface area contributed by atoms with Gasteiger partial charge in [0, 0.05) is 32.0 Å². The first-order valence-corrected chi connectivity index (χ1v) is 6.35. The molecule has 0 bridgehead atoms. The molecule has 1 aromatic carbocycles. The highest BCUT2D eigenvalue weighted by atomic mass is 16.5. The number of hydrogen-bond donors (Lipinski definition) is 1. The van der Waals surface area contributed by atoms with Crippen LogP contribution in [-0.4, -0.2) is 37.9 Å². The summed E-state index contributed by atoms with van der Waals surface area (Å²) in [6.45, 7) is 6.21. The topological polar surface area (TPSA) is 49.8 Å². The van der Waals surface area contributed by atoms with Crippen LogP contribution in [0.25, 0.3) is 6.08 Å².